The number of pyridine rings is 1. The number of nitrogens with one attached hydrogen (secondary N) is 1. The summed E-state index contributed by atoms with van der Waals surface area (Å²) in [5.41, 5.74) is 1.15. The van der Waals surface area contributed by atoms with Gasteiger partial charge in [0.25, 0.3) is 15.9 Å². The summed E-state index contributed by atoms with van der Waals surface area (Å²) < 4.78 is 79.6. The molecule has 1 N–H and O–H groups in total. The van der Waals surface area contributed by atoms with Crippen molar-refractivity contribution in [2.75, 3.05) is 23.3 Å². The number of anilines is 2. The van der Waals surface area contributed by atoms with E-state index in [2.05, 4.69) is 19.7 Å². The largest absolute Gasteiger partial charge is 0.475 e. The van der Waals surface area contributed by atoms with Gasteiger partial charge in [0.2, 0.25) is 11.8 Å². The van der Waals surface area contributed by atoms with Gasteiger partial charge in [-0.15, -0.1) is 0 Å². The summed E-state index contributed by atoms with van der Waals surface area (Å²) in [6.45, 7) is 12.7. The molecule has 10 nitrogen and oxygen atoms in total. The zero-order valence-corrected chi connectivity index (χ0v) is 30.8. The van der Waals surface area contributed by atoms with Crippen LogP contribution >= 0.6 is 0 Å². The van der Waals surface area contributed by atoms with Crippen molar-refractivity contribution in [3.63, 3.8) is 0 Å². The number of hydrogen-bond acceptors (Lipinski definition) is 8. The molecule has 2 aromatic heterocycles. The van der Waals surface area contributed by atoms with Gasteiger partial charge in [0.1, 0.15) is 12.4 Å². The first-order valence-corrected chi connectivity index (χ1v) is 18.0. The Labute approximate surface area is 297 Å². The molecule has 1 atom stereocenters. The van der Waals surface area contributed by atoms with Crippen LogP contribution in [0.4, 0.5) is 24.9 Å². The van der Waals surface area contributed by atoms with Crippen molar-refractivity contribution in [1.82, 2.24) is 19.9 Å². The van der Waals surface area contributed by atoms with Crippen molar-refractivity contribution in [1.29, 1.82) is 0 Å². The number of rotatable bonds is 6. The summed E-state index contributed by atoms with van der Waals surface area (Å²) in [4.78, 5) is 30.7. The van der Waals surface area contributed by atoms with Crippen molar-refractivity contribution < 1.29 is 31.1 Å². The van der Waals surface area contributed by atoms with Gasteiger partial charge >= 0.3 is 6.18 Å². The Morgan fingerprint density at radius 2 is 1.65 bits per heavy atom. The summed E-state index contributed by atoms with van der Waals surface area (Å²) in [7, 11) is -2.61. The highest BCUT2D eigenvalue weighted by Gasteiger charge is 2.38. The van der Waals surface area contributed by atoms with Crippen molar-refractivity contribution in [3.05, 3.63) is 88.6 Å². The number of aryl methyl sites for hydroxylation is 2. The molecular weight excluding hydrogens is 682 g/mol. The van der Waals surface area contributed by atoms with Crippen LogP contribution in [-0.4, -0.2) is 59.9 Å². The Morgan fingerprint density at radius 3 is 2.27 bits per heavy atom. The molecule has 1 aliphatic heterocycles. The lowest BCUT2D eigenvalue weighted by Crippen LogP contribution is -2.45. The maximum absolute atomic E-state index is 14.5. The predicted octanol–water partition coefficient (Wildman–Crippen LogP) is 7.66. The van der Waals surface area contributed by atoms with Crippen LogP contribution in [0.1, 0.15) is 73.8 Å². The van der Waals surface area contributed by atoms with Gasteiger partial charge in [-0.25, -0.2) is 23.1 Å². The lowest BCUT2D eigenvalue weighted by Gasteiger charge is -2.36. The standard InChI is InChI=1S/C37H43F3N6O4S/c1-22(2)45(8)31-16-15-28(37(38,39)40)30(41-31)20-46-26(19-36(5,6)7)21-50-32-18-29(33-23(3)11-9-12-24(33)4)42-35(43-32)44-51(48,49)27-14-10-13-25(17-27)34(46)47/h9-18,22,26H,19-21H2,1-8H3,(H,42,43,44)/t26-/m1/s1. The number of amides is 1. The third-order valence-electron chi connectivity index (χ3n) is 8.75. The van der Waals surface area contributed by atoms with Crippen LogP contribution in [0.3, 0.4) is 0 Å². The summed E-state index contributed by atoms with van der Waals surface area (Å²) in [6.07, 6.45) is -4.45. The minimum atomic E-state index is -4.76. The Balaban J connectivity index is 1.72. The molecule has 4 aromatic rings. The molecule has 272 valence electrons. The molecule has 1 amide bonds. The molecule has 0 aliphatic carbocycles. The average Bonchev–Trinajstić information content (AvgIpc) is 3.03. The number of aromatic nitrogens is 3. The number of sulfonamides is 1. The van der Waals surface area contributed by atoms with Crippen LogP contribution in [0.15, 0.2) is 65.6 Å². The van der Waals surface area contributed by atoms with E-state index in [0.29, 0.717) is 17.9 Å². The highest BCUT2D eigenvalue weighted by atomic mass is 32.2. The monoisotopic (exact) mass is 724 g/mol. The average molecular weight is 725 g/mol. The Morgan fingerprint density at radius 1 is 0.980 bits per heavy atom. The second kappa shape index (κ2) is 14.1. The molecule has 4 bridgehead atoms. The van der Waals surface area contributed by atoms with Gasteiger partial charge in [-0.2, -0.15) is 18.2 Å². The number of ether oxygens (including phenoxy) is 1. The van der Waals surface area contributed by atoms with E-state index in [4.69, 9.17) is 4.74 Å². The van der Waals surface area contributed by atoms with E-state index in [1.807, 2.05) is 66.7 Å². The van der Waals surface area contributed by atoms with E-state index in [1.54, 1.807) is 18.0 Å². The molecule has 14 heteroatoms. The van der Waals surface area contributed by atoms with Crippen LogP contribution < -0.4 is 14.4 Å². The Bertz CT molecular complexity index is 2030. The van der Waals surface area contributed by atoms with E-state index in [-0.39, 0.29) is 40.6 Å². The summed E-state index contributed by atoms with van der Waals surface area (Å²) in [5, 5.41) is 0. The molecule has 3 heterocycles. The Hall–Kier alpha value is -4.72. The number of carbonyl (C=O) groups excluding carboxylic acids is 1. The molecule has 1 aliphatic rings. The van der Waals surface area contributed by atoms with Crippen LogP contribution in [0, 0.1) is 19.3 Å². The van der Waals surface area contributed by atoms with Gasteiger partial charge in [-0.05, 0) is 81.0 Å². The van der Waals surface area contributed by atoms with Crippen LogP contribution in [0.2, 0.25) is 0 Å². The lowest BCUT2D eigenvalue weighted by atomic mass is 9.87. The van der Waals surface area contributed by atoms with Gasteiger partial charge < -0.3 is 14.5 Å². The molecule has 0 saturated heterocycles. The third kappa shape index (κ3) is 8.61. The molecular formula is C37H43F3N6O4S. The summed E-state index contributed by atoms with van der Waals surface area (Å²) in [6, 6.07) is 14.1. The van der Waals surface area contributed by atoms with Gasteiger partial charge in [-0.3, -0.25) is 4.79 Å². The molecule has 0 fully saturated rings. The minimum absolute atomic E-state index is 0.0206. The fraction of sp³-hybridized carbons (Fsp3) is 0.405. The Kier molecular flexibility index (Phi) is 10.4. The van der Waals surface area contributed by atoms with E-state index < -0.39 is 45.7 Å². The number of hydrogen-bond donors (Lipinski definition) is 1. The van der Waals surface area contributed by atoms with E-state index in [1.165, 1.54) is 35.2 Å². The number of benzene rings is 2. The predicted molar refractivity (Wildman–Crippen MR) is 190 cm³/mol. The maximum atomic E-state index is 14.5. The van der Waals surface area contributed by atoms with Crippen molar-refractivity contribution in [2.45, 2.75) is 84.6 Å². The SMILES string of the molecule is Cc1cccc(C)c1-c1cc2nc(n1)NS(=O)(=O)c1cccc(c1)C(=O)N(Cc1nc(N(C)C(C)C)ccc1C(F)(F)F)[C@H](CC(C)(C)C)CO2. The highest BCUT2D eigenvalue weighted by molar-refractivity contribution is 7.92. The first-order valence-electron chi connectivity index (χ1n) is 16.6. The van der Waals surface area contributed by atoms with Crippen LogP contribution in [0.25, 0.3) is 11.3 Å². The molecule has 0 saturated carbocycles. The summed E-state index contributed by atoms with van der Waals surface area (Å²) >= 11 is 0. The van der Waals surface area contributed by atoms with Crippen molar-refractivity contribution in [2.24, 2.45) is 5.41 Å². The molecule has 0 spiro atoms. The normalized spacial score (nSPS) is 16.4. The molecule has 51 heavy (non-hydrogen) atoms. The highest BCUT2D eigenvalue weighted by Crippen LogP contribution is 2.36. The molecule has 5 rings (SSSR count). The van der Waals surface area contributed by atoms with Gasteiger partial charge in [0.05, 0.1) is 34.4 Å². The van der Waals surface area contributed by atoms with E-state index >= 15 is 0 Å². The van der Waals surface area contributed by atoms with Crippen molar-refractivity contribution >= 4 is 27.7 Å². The fourth-order valence-corrected chi connectivity index (χ4v) is 7.03. The topological polar surface area (TPSA) is 118 Å². The lowest BCUT2D eigenvalue weighted by molar-refractivity contribution is -0.138. The van der Waals surface area contributed by atoms with Crippen LogP contribution in [0.5, 0.6) is 5.88 Å². The zero-order valence-electron chi connectivity index (χ0n) is 30.0. The second-order valence-electron chi connectivity index (χ2n) is 14.3. The quantitative estimate of drug-likeness (QED) is 0.216. The number of carbonyl (C=O) groups is 1. The first-order chi connectivity index (χ1) is 23.7. The second-order valence-corrected chi connectivity index (χ2v) is 16.0. The third-order valence-corrected chi connectivity index (χ3v) is 10.1. The number of fused-ring (bicyclic) bond motifs is 4. The summed E-state index contributed by atoms with van der Waals surface area (Å²) in [5.74, 6) is -0.597. The molecule has 0 unspecified atom stereocenters. The van der Waals surface area contributed by atoms with Gasteiger partial charge in [0.15, 0.2) is 0 Å². The minimum Gasteiger partial charge on any atom is -0.475 e. The molecule has 0 radical (unpaired) electrons. The number of nitrogens with zero attached hydrogens (tertiary/aromatic N) is 5. The maximum Gasteiger partial charge on any atom is 0.418 e. The van der Waals surface area contributed by atoms with Crippen molar-refractivity contribution in [3.8, 4) is 17.1 Å². The van der Waals surface area contributed by atoms with Crippen LogP contribution in [-0.2, 0) is 22.7 Å². The first kappa shape index (κ1) is 37.5. The van der Waals surface area contributed by atoms with Gasteiger partial charge in [-0.1, -0.05) is 45.0 Å². The molecule has 2 aromatic carbocycles. The van der Waals surface area contributed by atoms with E-state index in [0.717, 1.165) is 22.8 Å². The number of halogens is 3. The zero-order chi connectivity index (χ0) is 37.5. The number of alkyl halides is 3. The fourth-order valence-electron chi connectivity index (χ4n) is 6.04. The smallest absolute Gasteiger partial charge is 0.418 e. The van der Waals surface area contributed by atoms with Gasteiger partial charge in [0, 0.05) is 30.3 Å². The van der Waals surface area contributed by atoms with E-state index in [9.17, 15) is 26.4 Å².